The van der Waals surface area contributed by atoms with Crippen molar-refractivity contribution >= 4 is 22.4 Å². The molecule has 1 aromatic carbocycles. The first-order valence-corrected chi connectivity index (χ1v) is 9.61. The molecule has 3 aromatic rings. The lowest BCUT2D eigenvalue weighted by molar-refractivity contribution is 0.0951. The molecule has 0 atom stereocenters. The first-order chi connectivity index (χ1) is 13.2. The first kappa shape index (κ1) is 16.2. The van der Waals surface area contributed by atoms with Crippen LogP contribution in [0, 0.1) is 0 Å². The zero-order chi connectivity index (χ0) is 18.5. The van der Waals surface area contributed by atoms with Gasteiger partial charge in [-0.25, -0.2) is 0 Å². The number of carbonyl (C=O) groups is 1. The lowest BCUT2D eigenvalue weighted by Gasteiger charge is -2.07. The highest BCUT2D eigenvalue weighted by Gasteiger charge is 2.24. The number of hydrogen-bond acceptors (Lipinski definition) is 3. The van der Waals surface area contributed by atoms with Gasteiger partial charge < -0.3 is 5.32 Å². The lowest BCUT2D eigenvalue weighted by atomic mass is 10.0. The Morgan fingerprint density at radius 2 is 2.04 bits per heavy atom. The molecule has 5 rings (SSSR count). The number of pyridine rings is 1. The molecule has 1 amide bonds. The molecule has 1 saturated carbocycles. The molecule has 2 aliphatic rings. The van der Waals surface area contributed by atoms with Crippen molar-refractivity contribution in [2.75, 3.05) is 0 Å². The minimum atomic E-state index is 0.00661. The summed E-state index contributed by atoms with van der Waals surface area (Å²) in [6.07, 6.45) is 8.30. The summed E-state index contributed by atoms with van der Waals surface area (Å²) >= 11 is 0. The summed E-state index contributed by atoms with van der Waals surface area (Å²) in [6, 6.07) is 8.09. The van der Waals surface area contributed by atoms with Gasteiger partial charge in [0.2, 0.25) is 0 Å². The number of carbonyl (C=O) groups excluding carboxylic acids is 1. The lowest BCUT2D eigenvalue weighted by Crippen LogP contribution is -2.25. The van der Waals surface area contributed by atoms with E-state index in [-0.39, 0.29) is 5.91 Å². The number of fused-ring (bicyclic) bond motifs is 3. The van der Waals surface area contributed by atoms with Gasteiger partial charge in [-0.15, -0.1) is 0 Å². The molecule has 0 bridgehead atoms. The molecule has 0 spiro atoms. The minimum absolute atomic E-state index is 0.00661. The van der Waals surface area contributed by atoms with Crippen LogP contribution in [-0.2, 0) is 13.5 Å². The number of allylic oxidation sites excluding steroid dienone is 2. The maximum atomic E-state index is 12.2. The second-order valence-corrected chi connectivity index (χ2v) is 7.43. The van der Waals surface area contributed by atoms with E-state index in [0.717, 1.165) is 53.5 Å². The van der Waals surface area contributed by atoms with Crippen molar-refractivity contribution in [3.05, 3.63) is 53.4 Å². The Balaban J connectivity index is 1.56. The molecule has 5 nitrogen and oxygen atoms in total. The third-order valence-corrected chi connectivity index (χ3v) is 5.54. The number of nitrogens with zero attached hydrogens (tertiary/aromatic N) is 3. The number of benzene rings is 1. The Hall–Kier alpha value is -2.95. The number of hydrogen-bond donors (Lipinski definition) is 1. The number of aromatic nitrogens is 3. The predicted octanol–water partition coefficient (Wildman–Crippen LogP) is 3.88. The van der Waals surface area contributed by atoms with E-state index in [0.29, 0.717) is 11.6 Å². The van der Waals surface area contributed by atoms with Crippen LogP contribution in [0.15, 0.2) is 36.5 Å². The van der Waals surface area contributed by atoms with E-state index in [1.54, 1.807) is 0 Å². The molecule has 0 unspecified atom stereocenters. The van der Waals surface area contributed by atoms with Gasteiger partial charge in [-0.05, 0) is 37.0 Å². The monoisotopic (exact) mass is 358 g/mol. The largest absolute Gasteiger partial charge is 0.349 e. The summed E-state index contributed by atoms with van der Waals surface area (Å²) in [6.45, 7) is 2.18. The topological polar surface area (TPSA) is 59.8 Å². The first-order valence-electron chi connectivity index (χ1n) is 9.61. The van der Waals surface area contributed by atoms with Crippen LogP contribution in [0.25, 0.3) is 27.7 Å². The van der Waals surface area contributed by atoms with Gasteiger partial charge in [-0.3, -0.25) is 14.5 Å². The molecule has 0 saturated heterocycles. The van der Waals surface area contributed by atoms with Gasteiger partial charge in [0.05, 0.1) is 11.2 Å². The van der Waals surface area contributed by atoms with E-state index in [9.17, 15) is 4.79 Å². The molecule has 0 aliphatic heterocycles. The zero-order valence-electron chi connectivity index (χ0n) is 15.6. The van der Waals surface area contributed by atoms with E-state index in [1.165, 1.54) is 11.1 Å². The van der Waals surface area contributed by atoms with Crippen molar-refractivity contribution in [2.24, 2.45) is 7.05 Å². The summed E-state index contributed by atoms with van der Waals surface area (Å²) in [7, 11) is 2.00. The second kappa shape index (κ2) is 6.05. The fourth-order valence-electron chi connectivity index (χ4n) is 3.93. The van der Waals surface area contributed by atoms with Gasteiger partial charge in [0.25, 0.3) is 5.91 Å². The van der Waals surface area contributed by atoms with E-state index < -0.39 is 0 Å². The summed E-state index contributed by atoms with van der Waals surface area (Å²) in [5, 5.41) is 8.88. The van der Waals surface area contributed by atoms with Crippen molar-refractivity contribution < 1.29 is 4.79 Å². The van der Waals surface area contributed by atoms with E-state index in [1.807, 2.05) is 42.2 Å². The van der Waals surface area contributed by atoms with Gasteiger partial charge in [0.15, 0.2) is 0 Å². The van der Waals surface area contributed by atoms with Gasteiger partial charge in [0.1, 0.15) is 5.69 Å². The summed E-state index contributed by atoms with van der Waals surface area (Å²) < 4.78 is 1.97. The molecule has 5 heteroatoms. The van der Waals surface area contributed by atoms with E-state index in [2.05, 4.69) is 18.3 Å². The number of amides is 1. The molecular formula is C22H22N4O. The number of nitrogens with one attached hydrogen (secondary N) is 1. The normalized spacial score (nSPS) is 15.7. The highest BCUT2D eigenvalue weighted by molar-refractivity contribution is 6.01. The summed E-state index contributed by atoms with van der Waals surface area (Å²) in [5.74, 6) is 0.00661. The Labute approximate surface area is 158 Å². The average molecular weight is 358 g/mol. The standard InChI is InChI=1S/C22H22N4O/c1-3-13-8-11-18-19(13)21-17(12-23-18)20(25-26(21)2)14-4-6-15(7-5-14)22(27)24-16-9-10-16/h4-8,12,16H,3,9-11H2,1-2H3,(H,24,27). The molecule has 2 aliphatic carbocycles. The highest BCUT2D eigenvalue weighted by Crippen LogP contribution is 2.37. The van der Waals surface area contributed by atoms with Gasteiger partial charge in [-0.2, -0.15) is 5.10 Å². The second-order valence-electron chi connectivity index (χ2n) is 7.43. The van der Waals surface area contributed by atoms with Crippen LogP contribution in [0.2, 0.25) is 0 Å². The molecule has 1 fully saturated rings. The van der Waals surface area contributed by atoms with Gasteiger partial charge in [0, 0.05) is 47.8 Å². The van der Waals surface area contributed by atoms with Crippen LogP contribution in [0.4, 0.5) is 0 Å². The molecule has 136 valence electrons. The van der Waals surface area contributed by atoms with Crippen molar-refractivity contribution in [3.8, 4) is 11.3 Å². The Kier molecular flexibility index (Phi) is 3.64. The SMILES string of the molecule is CCC1=CCc2ncc3c(-c4ccc(C(=O)NC5CC5)cc4)nn(C)c3c21. The van der Waals surface area contributed by atoms with E-state index >= 15 is 0 Å². The molecular weight excluding hydrogens is 336 g/mol. The molecule has 0 radical (unpaired) electrons. The van der Waals surface area contributed by atoms with Crippen LogP contribution >= 0.6 is 0 Å². The van der Waals surface area contributed by atoms with Crippen molar-refractivity contribution in [1.29, 1.82) is 0 Å². The Bertz CT molecular complexity index is 1090. The quantitative estimate of drug-likeness (QED) is 0.770. The molecule has 1 N–H and O–H groups in total. The van der Waals surface area contributed by atoms with Crippen molar-refractivity contribution in [3.63, 3.8) is 0 Å². The minimum Gasteiger partial charge on any atom is -0.349 e. The van der Waals surface area contributed by atoms with Gasteiger partial charge in [-0.1, -0.05) is 25.1 Å². The number of aryl methyl sites for hydroxylation is 1. The van der Waals surface area contributed by atoms with E-state index in [4.69, 9.17) is 10.1 Å². The van der Waals surface area contributed by atoms with Crippen LogP contribution in [0.1, 0.15) is 47.8 Å². The molecule has 27 heavy (non-hydrogen) atoms. The van der Waals surface area contributed by atoms with Crippen molar-refractivity contribution in [2.45, 2.75) is 38.6 Å². The maximum Gasteiger partial charge on any atom is 0.251 e. The zero-order valence-corrected chi connectivity index (χ0v) is 15.6. The molecule has 2 heterocycles. The predicted molar refractivity (Wildman–Crippen MR) is 106 cm³/mol. The number of rotatable bonds is 4. The van der Waals surface area contributed by atoms with Crippen LogP contribution in [-0.4, -0.2) is 26.7 Å². The Morgan fingerprint density at radius 3 is 2.74 bits per heavy atom. The fraction of sp³-hybridized carbons (Fsp3) is 0.318. The Morgan fingerprint density at radius 1 is 1.26 bits per heavy atom. The van der Waals surface area contributed by atoms with Gasteiger partial charge >= 0.3 is 0 Å². The summed E-state index contributed by atoms with van der Waals surface area (Å²) in [5.41, 5.74) is 7.50. The van der Waals surface area contributed by atoms with Crippen LogP contribution in [0.3, 0.4) is 0 Å². The average Bonchev–Trinajstić information content (AvgIpc) is 3.30. The third-order valence-electron chi connectivity index (χ3n) is 5.54. The van der Waals surface area contributed by atoms with Crippen molar-refractivity contribution in [1.82, 2.24) is 20.1 Å². The fourth-order valence-corrected chi connectivity index (χ4v) is 3.93. The maximum absolute atomic E-state index is 12.2. The smallest absolute Gasteiger partial charge is 0.251 e. The third kappa shape index (κ3) is 2.65. The highest BCUT2D eigenvalue weighted by atomic mass is 16.1. The summed E-state index contributed by atoms with van der Waals surface area (Å²) in [4.78, 5) is 16.9. The molecule has 2 aromatic heterocycles. The van der Waals surface area contributed by atoms with Crippen LogP contribution in [0.5, 0.6) is 0 Å². The van der Waals surface area contributed by atoms with Crippen LogP contribution < -0.4 is 5.32 Å².